The van der Waals surface area contributed by atoms with Crippen molar-refractivity contribution >= 4 is 0 Å². The van der Waals surface area contributed by atoms with Gasteiger partial charge >= 0.3 is 0 Å². The van der Waals surface area contributed by atoms with Crippen LogP contribution in [0.4, 0.5) is 4.39 Å². The molecular formula is C13H20FN. The van der Waals surface area contributed by atoms with Gasteiger partial charge in [0.15, 0.2) is 0 Å². The summed E-state index contributed by atoms with van der Waals surface area (Å²) in [5.41, 5.74) is 1.26. The Kier molecular flexibility index (Phi) is 5.33. The molecule has 1 unspecified atom stereocenters. The van der Waals surface area contributed by atoms with Crippen LogP contribution in [0.3, 0.4) is 0 Å². The van der Waals surface area contributed by atoms with Crippen LogP contribution in [0.15, 0.2) is 24.3 Å². The van der Waals surface area contributed by atoms with Gasteiger partial charge in [-0.2, -0.15) is 0 Å². The molecule has 0 aromatic heterocycles. The van der Waals surface area contributed by atoms with Gasteiger partial charge in [-0.3, -0.25) is 0 Å². The van der Waals surface area contributed by atoms with Gasteiger partial charge in [0.05, 0.1) is 0 Å². The first kappa shape index (κ1) is 12.2. The molecule has 1 rings (SSSR count). The summed E-state index contributed by atoms with van der Waals surface area (Å²) < 4.78 is 12.8. The molecule has 0 aliphatic heterocycles. The molecule has 0 saturated heterocycles. The van der Waals surface area contributed by atoms with Crippen molar-refractivity contribution in [1.29, 1.82) is 0 Å². The Labute approximate surface area is 91.7 Å². The van der Waals surface area contributed by atoms with E-state index in [2.05, 4.69) is 12.2 Å². The molecule has 15 heavy (non-hydrogen) atoms. The van der Waals surface area contributed by atoms with E-state index in [1.807, 2.05) is 19.2 Å². The summed E-state index contributed by atoms with van der Waals surface area (Å²) in [6.45, 7) is 3.21. The number of nitrogens with one attached hydrogen (secondary N) is 1. The van der Waals surface area contributed by atoms with Gasteiger partial charge in [-0.05, 0) is 50.0 Å². The summed E-state index contributed by atoms with van der Waals surface area (Å²) >= 11 is 0. The van der Waals surface area contributed by atoms with Crippen LogP contribution in [0.1, 0.15) is 37.7 Å². The van der Waals surface area contributed by atoms with Crippen molar-refractivity contribution in [3.05, 3.63) is 35.6 Å². The maximum absolute atomic E-state index is 12.8. The van der Waals surface area contributed by atoms with Crippen molar-refractivity contribution in [2.75, 3.05) is 13.6 Å². The average molecular weight is 209 g/mol. The van der Waals surface area contributed by atoms with Crippen molar-refractivity contribution in [3.63, 3.8) is 0 Å². The van der Waals surface area contributed by atoms with E-state index in [0.29, 0.717) is 5.92 Å². The Morgan fingerprint density at radius 3 is 2.40 bits per heavy atom. The van der Waals surface area contributed by atoms with Crippen LogP contribution in [-0.2, 0) is 0 Å². The third kappa shape index (κ3) is 4.00. The van der Waals surface area contributed by atoms with E-state index in [1.54, 1.807) is 12.1 Å². The minimum Gasteiger partial charge on any atom is -0.320 e. The molecule has 1 aromatic rings. The molecule has 1 atom stereocenters. The van der Waals surface area contributed by atoms with E-state index >= 15 is 0 Å². The fourth-order valence-electron chi connectivity index (χ4n) is 1.88. The number of halogens is 1. The van der Waals surface area contributed by atoms with Gasteiger partial charge in [-0.25, -0.2) is 4.39 Å². The lowest BCUT2D eigenvalue weighted by Crippen LogP contribution is -2.12. The molecule has 1 nitrogen and oxygen atoms in total. The maximum Gasteiger partial charge on any atom is 0.123 e. The Balaban J connectivity index is 2.65. The van der Waals surface area contributed by atoms with Crippen molar-refractivity contribution < 1.29 is 4.39 Å². The molecule has 0 radical (unpaired) electrons. The van der Waals surface area contributed by atoms with Crippen molar-refractivity contribution in [2.45, 2.75) is 32.1 Å². The molecule has 0 heterocycles. The molecule has 0 aliphatic carbocycles. The molecule has 0 amide bonds. The number of rotatable bonds is 6. The SMILES string of the molecule is CCCC(CCNC)c1ccc(F)cc1. The third-order valence-corrected chi connectivity index (χ3v) is 2.72. The molecule has 2 heteroatoms. The summed E-state index contributed by atoms with van der Waals surface area (Å²) in [7, 11) is 1.97. The number of hydrogen-bond acceptors (Lipinski definition) is 1. The molecule has 0 saturated carbocycles. The highest BCUT2D eigenvalue weighted by Crippen LogP contribution is 2.24. The number of benzene rings is 1. The molecule has 84 valence electrons. The van der Waals surface area contributed by atoms with Crippen LogP contribution in [0.2, 0.25) is 0 Å². The Morgan fingerprint density at radius 2 is 1.87 bits per heavy atom. The fourth-order valence-corrected chi connectivity index (χ4v) is 1.88. The molecule has 0 spiro atoms. The monoisotopic (exact) mass is 209 g/mol. The van der Waals surface area contributed by atoms with Crippen LogP contribution in [0.25, 0.3) is 0 Å². The van der Waals surface area contributed by atoms with Crippen molar-refractivity contribution in [1.82, 2.24) is 5.32 Å². The van der Waals surface area contributed by atoms with Gasteiger partial charge in [-0.1, -0.05) is 25.5 Å². The van der Waals surface area contributed by atoms with Crippen molar-refractivity contribution in [2.24, 2.45) is 0 Å². The zero-order valence-electron chi connectivity index (χ0n) is 9.59. The van der Waals surface area contributed by atoms with Crippen LogP contribution in [0.5, 0.6) is 0 Å². The van der Waals surface area contributed by atoms with E-state index in [-0.39, 0.29) is 5.82 Å². The largest absolute Gasteiger partial charge is 0.320 e. The lowest BCUT2D eigenvalue weighted by molar-refractivity contribution is 0.549. The molecule has 0 aliphatic rings. The zero-order chi connectivity index (χ0) is 11.1. The quantitative estimate of drug-likeness (QED) is 0.758. The second-order valence-electron chi connectivity index (χ2n) is 3.93. The highest BCUT2D eigenvalue weighted by molar-refractivity contribution is 5.20. The maximum atomic E-state index is 12.8. The molecule has 1 N–H and O–H groups in total. The summed E-state index contributed by atoms with van der Waals surface area (Å²) in [6, 6.07) is 6.92. The first-order valence-electron chi connectivity index (χ1n) is 5.68. The molecule has 1 aromatic carbocycles. The molecular weight excluding hydrogens is 189 g/mol. The van der Waals surface area contributed by atoms with E-state index in [1.165, 1.54) is 18.4 Å². The summed E-state index contributed by atoms with van der Waals surface area (Å²) in [6.07, 6.45) is 3.47. The van der Waals surface area contributed by atoms with Crippen molar-refractivity contribution in [3.8, 4) is 0 Å². The van der Waals surface area contributed by atoms with E-state index in [0.717, 1.165) is 13.0 Å². The highest BCUT2D eigenvalue weighted by atomic mass is 19.1. The Bertz CT molecular complexity index is 268. The number of hydrogen-bond donors (Lipinski definition) is 1. The predicted molar refractivity (Wildman–Crippen MR) is 62.6 cm³/mol. The van der Waals surface area contributed by atoms with Gasteiger partial charge in [-0.15, -0.1) is 0 Å². The van der Waals surface area contributed by atoms with Crippen LogP contribution in [-0.4, -0.2) is 13.6 Å². The zero-order valence-corrected chi connectivity index (χ0v) is 9.59. The van der Waals surface area contributed by atoms with Crippen LogP contribution in [0, 0.1) is 5.82 Å². The van der Waals surface area contributed by atoms with Gasteiger partial charge in [0.2, 0.25) is 0 Å². The minimum atomic E-state index is -0.150. The standard InChI is InChI=1S/C13H20FN/c1-3-4-11(9-10-15-2)12-5-7-13(14)8-6-12/h5-8,11,15H,3-4,9-10H2,1-2H3. The van der Waals surface area contributed by atoms with Gasteiger partial charge in [0.25, 0.3) is 0 Å². The summed E-state index contributed by atoms with van der Waals surface area (Å²) in [5, 5.41) is 3.16. The minimum absolute atomic E-state index is 0.150. The second kappa shape index (κ2) is 6.57. The second-order valence-corrected chi connectivity index (χ2v) is 3.93. The van der Waals surface area contributed by atoms with Crippen LogP contribution < -0.4 is 5.32 Å². The first-order chi connectivity index (χ1) is 7.27. The smallest absolute Gasteiger partial charge is 0.123 e. The lowest BCUT2D eigenvalue weighted by atomic mass is 9.91. The Morgan fingerprint density at radius 1 is 1.20 bits per heavy atom. The summed E-state index contributed by atoms with van der Waals surface area (Å²) in [4.78, 5) is 0. The first-order valence-corrected chi connectivity index (χ1v) is 5.68. The Hall–Kier alpha value is -0.890. The average Bonchev–Trinajstić information content (AvgIpc) is 2.25. The molecule has 0 fully saturated rings. The van der Waals surface area contributed by atoms with E-state index < -0.39 is 0 Å². The normalized spacial score (nSPS) is 12.7. The third-order valence-electron chi connectivity index (χ3n) is 2.72. The molecule has 0 bridgehead atoms. The van der Waals surface area contributed by atoms with Crippen LogP contribution >= 0.6 is 0 Å². The van der Waals surface area contributed by atoms with Gasteiger partial charge in [0.1, 0.15) is 5.82 Å². The van der Waals surface area contributed by atoms with Gasteiger partial charge in [0, 0.05) is 0 Å². The van der Waals surface area contributed by atoms with E-state index in [4.69, 9.17) is 0 Å². The lowest BCUT2D eigenvalue weighted by Gasteiger charge is -2.16. The van der Waals surface area contributed by atoms with Gasteiger partial charge < -0.3 is 5.32 Å². The highest BCUT2D eigenvalue weighted by Gasteiger charge is 2.09. The van der Waals surface area contributed by atoms with E-state index in [9.17, 15) is 4.39 Å². The summed E-state index contributed by atoms with van der Waals surface area (Å²) in [5.74, 6) is 0.408. The fraction of sp³-hybridized carbons (Fsp3) is 0.538. The predicted octanol–water partition coefficient (Wildman–Crippen LogP) is 3.32. The topological polar surface area (TPSA) is 12.0 Å².